The first-order chi connectivity index (χ1) is 19.1. The monoisotopic (exact) mass is 592 g/mol. The van der Waals surface area contributed by atoms with E-state index in [1.165, 1.54) is 49.1 Å². The molecule has 2 aromatic heterocycles. The summed E-state index contributed by atoms with van der Waals surface area (Å²) in [6.45, 7) is 4.84. The minimum atomic E-state index is -3.60. The van der Waals surface area contributed by atoms with E-state index in [4.69, 9.17) is 9.31 Å². The second-order valence-corrected chi connectivity index (χ2v) is 12.6. The van der Waals surface area contributed by atoms with Gasteiger partial charge in [0.05, 0.1) is 23.0 Å². The molecule has 41 heavy (non-hydrogen) atoms. The van der Waals surface area contributed by atoms with E-state index < -0.39 is 20.0 Å². The molecule has 0 unspecified atom stereocenters. The molecule has 2 aliphatic heterocycles. The molecule has 14 heteroatoms. The molecule has 0 spiro atoms. The second-order valence-electron chi connectivity index (χ2n) is 9.28. The fourth-order valence-corrected chi connectivity index (χ4v) is 6.63. The third-order valence-electron chi connectivity index (χ3n) is 6.58. The molecule has 2 aromatic carbocycles. The minimum absolute atomic E-state index is 0. The average Bonchev–Trinajstić information content (AvgIpc) is 3.52. The van der Waals surface area contributed by atoms with Crippen molar-refractivity contribution in [1.82, 2.24) is 9.97 Å². The molecule has 0 radical (unpaired) electrons. The van der Waals surface area contributed by atoms with Crippen LogP contribution in [-0.4, -0.2) is 40.6 Å². The highest BCUT2D eigenvalue weighted by molar-refractivity contribution is 7.93. The van der Waals surface area contributed by atoms with Crippen LogP contribution in [0.5, 0.6) is 0 Å². The summed E-state index contributed by atoms with van der Waals surface area (Å²) in [7, 11) is -7.18. The van der Waals surface area contributed by atoms with Crippen molar-refractivity contribution in [2.24, 2.45) is 0 Å². The van der Waals surface area contributed by atoms with Crippen molar-refractivity contribution in [3.63, 3.8) is 0 Å². The molecule has 0 saturated carbocycles. The summed E-state index contributed by atoms with van der Waals surface area (Å²) in [5, 5.41) is 0. The topological polar surface area (TPSA) is 137 Å². The molecule has 0 amide bonds. The number of anilines is 2. The summed E-state index contributed by atoms with van der Waals surface area (Å²) in [6.07, 6.45) is 5.81. The van der Waals surface area contributed by atoms with Crippen LogP contribution in [0.15, 0.2) is 95.2 Å². The fraction of sp³-hybridized carbons (Fsp3) is 0.185. The van der Waals surface area contributed by atoms with E-state index in [-0.39, 0.29) is 31.0 Å². The lowest BCUT2D eigenvalue weighted by molar-refractivity contribution is 0.333. The highest BCUT2D eigenvalue weighted by atomic mass is 32.2. The maximum absolute atomic E-state index is 12.3. The molecule has 4 aromatic rings. The van der Waals surface area contributed by atoms with Crippen LogP contribution in [0.4, 0.5) is 11.4 Å². The maximum Gasteiger partial charge on any atom is 0.326 e. The van der Waals surface area contributed by atoms with Gasteiger partial charge in [0.25, 0.3) is 20.0 Å². The predicted octanol–water partition coefficient (Wildman–Crippen LogP) is 3.12. The molecule has 0 saturated heterocycles. The molecule has 10 nitrogen and oxygen atoms in total. The van der Waals surface area contributed by atoms with Crippen molar-refractivity contribution < 1.29 is 26.1 Å². The molecular formula is C27H30B2N4O6S2. The summed E-state index contributed by atoms with van der Waals surface area (Å²) in [4.78, 5) is 8.02. The zero-order chi connectivity index (χ0) is 28.3. The minimum Gasteiger partial charge on any atom is -0.427 e. The SMILES string of the molecule is C.CB1OCc2ccc(NS(=O)(=O)c3ccncc3)cc21.CB1OCc2cccc(NS(=O)(=O)c3ccncc3)c21. The molecule has 0 fully saturated rings. The third kappa shape index (κ3) is 6.79. The zero-order valence-electron chi connectivity index (χ0n) is 21.8. The first kappa shape index (κ1) is 30.3. The lowest BCUT2D eigenvalue weighted by Crippen LogP contribution is -2.29. The lowest BCUT2D eigenvalue weighted by Gasteiger charge is -2.12. The van der Waals surface area contributed by atoms with E-state index in [1.54, 1.807) is 12.1 Å². The van der Waals surface area contributed by atoms with Gasteiger partial charge in [-0.1, -0.05) is 39.3 Å². The van der Waals surface area contributed by atoms with Gasteiger partial charge in [0.2, 0.25) is 0 Å². The summed E-state index contributed by atoms with van der Waals surface area (Å²) < 4.78 is 65.3. The fourth-order valence-electron chi connectivity index (χ4n) is 4.53. The van der Waals surface area contributed by atoms with Crippen LogP contribution in [0.3, 0.4) is 0 Å². The van der Waals surface area contributed by atoms with Gasteiger partial charge in [-0.25, -0.2) is 16.8 Å². The molecule has 2 aliphatic rings. The Hall–Kier alpha value is -3.71. The van der Waals surface area contributed by atoms with Gasteiger partial charge in [-0.3, -0.25) is 19.4 Å². The number of aromatic nitrogens is 2. The average molecular weight is 592 g/mol. The van der Waals surface area contributed by atoms with Crippen molar-refractivity contribution in [3.05, 3.63) is 96.6 Å². The number of hydrogen-bond acceptors (Lipinski definition) is 8. The van der Waals surface area contributed by atoms with Crippen LogP contribution < -0.4 is 20.4 Å². The van der Waals surface area contributed by atoms with Crippen LogP contribution in [0.2, 0.25) is 13.6 Å². The van der Waals surface area contributed by atoms with E-state index in [0.29, 0.717) is 24.6 Å². The summed E-state index contributed by atoms with van der Waals surface area (Å²) in [5.74, 6) is 0. The van der Waals surface area contributed by atoms with Crippen LogP contribution in [-0.2, 0) is 42.6 Å². The van der Waals surface area contributed by atoms with E-state index >= 15 is 0 Å². The standard InChI is InChI=1S/2C13H13BN2O3S.CH4/c1-14-13-8-11(3-2-10(13)9-19-14)16-20(17,18)12-4-6-15-7-5-12;1-14-13-10(9-19-14)3-2-4-12(13)16-20(17,18)11-5-7-15-8-6-11;/h2*2-8,16H,9H2,1H3;1H4. The summed E-state index contributed by atoms with van der Waals surface area (Å²) >= 11 is 0. The third-order valence-corrected chi connectivity index (χ3v) is 9.36. The number of nitrogens with zero attached hydrogens (tertiary/aromatic N) is 2. The Labute approximate surface area is 241 Å². The largest absolute Gasteiger partial charge is 0.427 e. The number of sulfonamides is 2. The summed E-state index contributed by atoms with van der Waals surface area (Å²) in [6, 6.07) is 16.8. The number of benzene rings is 2. The number of rotatable bonds is 6. The predicted molar refractivity (Wildman–Crippen MR) is 162 cm³/mol. The van der Waals surface area contributed by atoms with Crippen molar-refractivity contribution in [1.29, 1.82) is 0 Å². The Bertz CT molecular complexity index is 1730. The molecule has 2 N–H and O–H groups in total. The van der Waals surface area contributed by atoms with E-state index in [9.17, 15) is 16.8 Å². The number of hydrogen-bond donors (Lipinski definition) is 2. The molecule has 6 rings (SSSR count). The van der Waals surface area contributed by atoms with Crippen LogP contribution in [0.25, 0.3) is 0 Å². The van der Waals surface area contributed by atoms with Crippen molar-refractivity contribution >= 4 is 56.2 Å². The van der Waals surface area contributed by atoms with Gasteiger partial charge in [0.15, 0.2) is 0 Å². The van der Waals surface area contributed by atoms with Gasteiger partial charge in [0.1, 0.15) is 0 Å². The van der Waals surface area contributed by atoms with Gasteiger partial charge in [-0.15, -0.1) is 0 Å². The first-order valence-electron chi connectivity index (χ1n) is 12.5. The van der Waals surface area contributed by atoms with Crippen LogP contribution in [0, 0.1) is 0 Å². The van der Waals surface area contributed by atoms with Crippen LogP contribution >= 0.6 is 0 Å². The van der Waals surface area contributed by atoms with Crippen LogP contribution in [0.1, 0.15) is 18.6 Å². The van der Waals surface area contributed by atoms with E-state index in [2.05, 4.69) is 19.4 Å². The van der Waals surface area contributed by atoms with Gasteiger partial charge >= 0.3 is 13.8 Å². The van der Waals surface area contributed by atoms with E-state index in [1.807, 2.05) is 37.9 Å². The van der Waals surface area contributed by atoms with Crippen molar-refractivity contribution in [2.75, 3.05) is 9.44 Å². The number of fused-ring (bicyclic) bond motifs is 2. The lowest BCUT2D eigenvalue weighted by atomic mass is 9.63. The highest BCUT2D eigenvalue weighted by Crippen LogP contribution is 2.21. The number of pyridine rings is 2. The second kappa shape index (κ2) is 12.4. The smallest absolute Gasteiger partial charge is 0.326 e. The highest BCUT2D eigenvalue weighted by Gasteiger charge is 2.28. The first-order valence-corrected chi connectivity index (χ1v) is 15.4. The molecule has 0 bridgehead atoms. The molecule has 212 valence electrons. The molecule has 4 heterocycles. The van der Waals surface area contributed by atoms with Gasteiger partial charge in [0, 0.05) is 36.2 Å². The molecular weight excluding hydrogens is 562 g/mol. The normalized spacial score (nSPS) is 13.8. The zero-order valence-corrected chi connectivity index (χ0v) is 23.4. The van der Waals surface area contributed by atoms with Gasteiger partial charge in [-0.2, -0.15) is 0 Å². The quantitative estimate of drug-likeness (QED) is 0.326. The van der Waals surface area contributed by atoms with Crippen molar-refractivity contribution in [2.45, 2.75) is 44.1 Å². The Morgan fingerprint density at radius 1 is 0.707 bits per heavy atom. The van der Waals surface area contributed by atoms with Gasteiger partial charge < -0.3 is 9.31 Å². The Morgan fingerprint density at radius 2 is 1.27 bits per heavy atom. The Balaban J connectivity index is 0.000000184. The Morgan fingerprint density at radius 3 is 1.90 bits per heavy atom. The maximum atomic E-state index is 12.3. The molecule has 0 atom stereocenters. The van der Waals surface area contributed by atoms with Crippen molar-refractivity contribution in [3.8, 4) is 0 Å². The summed E-state index contributed by atoms with van der Waals surface area (Å²) in [5.41, 5.74) is 5.17. The Kier molecular flexibility index (Phi) is 9.17. The molecule has 0 aliphatic carbocycles. The number of nitrogens with one attached hydrogen (secondary N) is 2. The van der Waals surface area contributed by atoms with E-state index in [0.717, 1.165) is 22.1 Å². The van der Waals surface area contributed by atoms with Gasteiger partial charge in [-0.05, 0) is 64.5 Å².